The fraction of sp³-hybridized carbons (Fsp3) is 0. The predicted octanol–water partition coefficient (Wildman–Crippen LogP) is 12.7. The Morgan fingerprint density at radius 1 is 0.447 bits per heavy atom. The Hall–Kier alpha value is -5.97. The number of hydrogen-bond acceptors (Lipinski definition) is 4. The lowest BCUT2D eigenvalue weighted by Gasteiger charge is -2.26. The van der Waals surface area contributed by atoms with E-state index in [9.17, 15) is 0 Å². The van der Waals surface area contributed by atoms with Gasteiger partial charge < -0.3 is 9.32 Å². The highest BCUT2D eigenvalue weighted by Crippen LogP contribution is 2.39. The van der Waals surface area contributed by atoms with E-state index in [0.717, 1.165) is 55.4 Å². The molecule has 222 valence electrons. The van der Waals surface area contributed by atoms with E-state index in [1.54, 1.807) is 11.3 Å². The van der Waals surface area contributed by atoms with Gasteiger partial charge >= 0.3 is 0 Å². The van der Waals surface area contributed by atoms with Crippen LogP contribution in [0.4, 0.5) is 17.1 Å². The normalized spacial score (nSPS) is 11.4. The number of aromatic nitrogens is 1. The van der Waals surface area contributed by atoms with Gasteiger partial charge in [-0.1, -0.05) is 78.9 Å². The van der Waals surface area contributed by atoms with Crippen LogP contribution in [0, 0.1) is 0 Å². The Bertz CT molecular complexity index is 2320. The number of thiazole rings is 1. The van der Waals surface area contributed by atoms with E-state index in [-0.39, 0.29) is 0 Å². The summed E-state index contributed by atoms with van der Waals surface area (Å²) >= 11 is 1.72. The molecule has 3 nitrogen and oxygen atoms in total. The summed E-state index contributed by atoms with van der Waals surface area (Å²) < 4.78 is 7.36. The molecule has 0 aliphatic carbocycles. The Morgan fingerprint density at radius 2 is 1.02 bits per heavy atom. The second kappa shape index (κ2) is 11.4. The van der Waals surface area contributed by atoms with E-state index in [1.165, 1.54) is 26.6 Å². The summed E-state index contributed by atoms with van der Waals surface area (Å²) in [5.41, 5.74) is 9.70. The number of rotatable bonds is 6. The van der Waals surface area contributed by atoms with E-state index in [2.05, 4.69) is 150 Å². The highest BCUT2D eigenvalue weighted by Gasteiger charge is 2.15. The average molecular weight is 621 g/mol. The van der Waals surface area contributed by atoms with Crippen LogP contribution in [0.2, 0.25) is 0 Å². The van der Waals surface area contributed by atoms with Gasteiger partial charge in [-0.2, -0.15) is 0 Å². The predicted molar refractivity (Wildman–Crippen MR) is 198 cm³/mol. The first kappa shape index (κ1) is 27.3. The summed E-state index contributed by atoms with van der Waals surface area (Å²) in [6.07, 6.45) is 0. The molecule has 4 heteroatoms. The molecule has 0 radical (unpaired) electrons. The lowest BCUT2D eigenvalue weighted by molar-refractivity contribution is 0.631. The van der Waals surface area contributed by atoms with Crippen molar-refractivity contribution in [3.63, 3.8) is 0 Å². The van der Waals surface area contributed by atoms with Crippen LogP contribution in [-0.2, 0) is 0 Å². The molecule has 9 aromatic rings. The van der Waals surface area contributed by atoms with Crippen molar-refractivity contribution in [3.8, 4) is 33.0 Å². The summed E-state index contributed by atoms with van der Waals surface area (Å²) in [4.78, 5) is 7.18. The monoisotopic (exact) mass is 620 g/mol. The zero-order valence-corrected chi connectivity index (χ0v) is 26.2. The standard InChI is InChI=1S/C43H28N2OS/c1-2-8-33-27-34(14-13-29(33)7-1)30-15-21-36(22-16-30)45(37-23-17-31(18-24-37)41-28-35-9-3-5-11-40(35)46-41)38-25-19-32(20-26-38)43-44-39-10-4-6-12-42(39)47-43/h1-28H. The second-order valence-corrected chi connectivity index (χ2v) is 12.7. The number of furan rings is 1. The highest BCUT2D eigenvalue weighted by molar-refractivity contribution is 7.21. The van der Waals surface area contributed by atoms with Crippen LogP contribution >= 0.6 is 11.3 Å². The highest BCUT2D eigenvalue weighted by atomic mass is 32.1. The molecule has 0 aliphatic heterocycles. The van der Waals surface area contributed by atoms with Gasteiger partial charge in [-0.25, -0.2) is 4.98 Å². The minimum Gasteiger partial charge on any atom is -0.456 e. The van der Waals surface area contributed by atoms with E-state index in [4.69, 9.17) is 9.40 Å². The summed E-state index contributed by atoms with van der Waals surface area (Å²) in [6, 6.07) is 59.9. The molecule has 9 rings (SSSR count). The molecule has 2 aromatic heterocycles. The zero-order chi connectivity index (χ0) is 31.2. The van der Waals surface area contributed by atoms with Crippen molar-refractivity contribution >= 4 is 60.4 Å². The molecule has 0 spiro atoms. The molecule has 0 saturated heterocycles. The number of fused-ring (bicyclic) bond motifs is 3. The first-order valence-electron chi connectivity index (χ1n) is 15.7. The maximum Gasteiger partial charge on any atom is 0.135 e. The average Bonchev–Trinajstić information content (AvgIpc) is 3.78. The molecule has 0 unspecified atom stereocenters. The SMILES string of the molecule is c1ccc2cc(-c3ccc(N(c4ccc(-c5cc6ccccc6o5)cc4)c4ccc(-c5nc6ccccc6s5)cc4)cc3)ccc2c1. The topological polar surface area (TPSA) is 29.3 Å². The summed E-state index contributed by atoms with van der Waals surface area (Å²) in [5, 5.41) is 4.63. The number of nitrogens with zero attached hydrogens (tertiary/aromatic N) is 2. The van der Waals surface area contributed by atoms with Gasteiger partial charge in [0.15, 0.2) is 0 Å². The smallest absolute Gasteiger partial charge is 0.135 e. The van der Waals surface area contributed by atoms with Crippen molar-refractivity contribution in [1.29, 1.82) is 0 Å². The fourth-order valence-corrected chi connectivity index (χ4v) is 7.24. The third-order valence-electron chi connectivity index (χ3n) is 8.71. The van der Waals surface area contributed by atoms with Gasteiger partial charge in [0.1, 0.15) is 16.4 Å². The Morgan fingerprint density at radius 3 is 1.72 bits per heavy atom. The summed E-state index contributed by atoms with van der Waals surface area (Å²) in [5.74, 6) is 0.865. The lowest BCUT2D eigenvalue weighted by Crippen LogP contribution is -2.09. The van der Waals surface area contributed by atoms with E-state index in [0.29, 0.717) is 0 Å². The molecule has 0 saturated carbocycles. The third kappa shape index (κ3) is 5.15. The zero-order valence-electron chi connectivity index (χ0n) is 25.4. The van der Waals surface area contributed by atoms with Crippen LogP contribution in [-0.4, -0.2) is 4.98 Å². The van der Waals surface area contributed by atoms with Crippen LogP contribution in [0.1, 0.15) is 0 Å². The molecule has 0 N–H and O–H groups in total. The fourth-order valence-electron chi connectivity index (χ4n) is 6.27. The van der Waals surface area contributed by atoms with Gasteiger partial charge in [-0.3, -0.25) is 0 Å². The number of anilines is 3. The quantitative estimate of drug-likeness (QED) is 0.185. The molecule has 0 amide bonds. The maximum atomic E-state index is 6.16. The number of para-hydroxylation sites is 2. The van der Waals surface area contributed by atoms with Crippen molar-refractivity contribution in [3.05, 3.63) is 170 Å². The molecular formula is C43H28N2OS. The molecule has 47 heavy (non-hydrogen) atoms. The minimum absolute atomic E-state index is 0.865. The first-order chi connectivity index (χ1) is 23.2. The van der Waals surface area contributed by atoms with Crippen molar-refractivity contribution < 1.29 is 4.42 Å². The van der Waals surface area contributed by atoms with Gasteiger partial charge in [0.25, 0.3) is 0 Å². The van der Waals surface area contributed by atoms with Gasteiger partial charge in [-0.05, 0) is 113 Å². The summed E-state index contributed by atoms with van der Waals surface area (Å²) in [7, 11) is 0. The molecule has 0 atom stereocenters. The first-order valence-corrected chi connectivity index (χ1v) is 16.5. The maximum absolute atomic E-state index is 6.16. The largest absolute Gasteiger partial charge is 0.456 e. The van der Waals surface area contributed by atoms with E-state index in [1.807, 2.05) is 24.3 Å². The van der Waals surface area contributed by atoms with E-state index >= 15 is 0 Å². The van der Waals surface area contributed by atoms with Crippen molar-refractivity contribution in [2.24, 2.45) is 0 Å². The molecular weight excluding hydrogens is 593 g/mol. The number of hydrogen-bond donors (Lipinski definition) is 0. The van der Waals surface area contributed by atoms with Gasteiger partial charge in [-0.15, -0.1) is 11.3 Å². The molecule has 0 fully saturated rings. The van der Waals surface area contributed by atoms with Crippen LogP contribution in [0.15, 0.2) is 174 Å². The Balaban J connectivity index is 1.09. The number of benzene rings is 7. The molecule has 0 aliphatic rings. The van der Waals surface area contributed by atoms with Gasteiger partial charge in [0, 0.05) is 33.6 Å². The minimum atomic E-state index is 0.865. The lowest BCUT2D eigenvalue weighted by atomic mass is 10.0. The third-order valence-corrected chi connectivity index (χ3v) is 9.80. The van der Waals surface area contributed by atoms with Gasteiger partial charge in [0.05, 0.1) is 10.2 Å². The van der Waals surface area contributed by atoms with Crippen LogP contribution in [0.25, 0.3) is 65.0 Å². The van der Waals surface area contributed by atoms with E-state index < -0.39 is 0 Å². The van der Waals surface area contributed by atoms with Crippen LogP contribution < -0.4 is 4.90 Å². The molecule has 2 heterocycles. The van der Waals surface area contributed by atoms with Crippen LogP contribution in [0.3, 0.4) is 0 Å². The Kier molecular flexibility index (Phi) is 6.65. The van der Waals surface area contributed by atoms with Crippen molar-refractivity contribution in [1.82, 2.24) is 4.98 Å². The molecule has 0 bridgehead atoms. The molecule has 7 aromatic carbocycles. The summed E-state index contributed by atoms with van der Waals surface area (Å²) in [6.45, 7) is 0. The van der Waals surface area contributed by atoms with Gasteiger partial charge in [0.2, 0.25) is 0 Å². The van der Waals surface area contributed by atoms with Crippen molar-refractivity contribution in [2.45, 2.75) is 0 Å². The Labute approximate surface area is 276 Å². The van der Waals surface area contributed by atoms with Crippen molar-refractivity contribution in [2.75, 3.05) is 4.90 Å². The second-order valence-electron chi connectivity index (χ2n) is 11.7. The van der Waals surface area contributed by atoms with Crippen LogP contribution in [0.5, 0.6) is 0 Å².